The van der Waals surface area contributed by atoms with E-state index < -0.39 is 17.6 Å². The highest BCUT2D eigenvalue weighted by molar-refractivity contribution is 5.85. The number of aliphatic carboxylic acids is 1. The number of carbonyl (C=O) groups is 3. The molecule has 2 rings (SSSR count). The molecule has 1 saturated heterocycles. The second-order valence-corrected chi connectivity index (χ2v) is 7.71. The summed E-state index contributed by atoms with van der Waals surface area (Å²) in [7, 11) is 0. The zero-order valence-corrected chi connectivity index (χ0v) is 16.0. The second kappa shape index (κ2) is 8.83. The monoisotopic (exact) mass is 377 g/mol. The van der Waals surface area contributed by atoms with Crippen LogP contribution in [0.4, 0.5) is 4.79 Å². The zero-order valence-electron chi connectivity index (χ0n) is 16.0. The van der Waals surface area contributed by atoms with Gasteiger partial charge in [0.1, 0.15) is 11.6 Å². The molecule has 0 aromatic carbocycles. The van der Waals surface area contributed by atoms with Crippen LogP contribution >= 0.6 is 0 Å². The van der Waals surface area contributed by atoms with Gasteiger partial charge in [-0.2, -0.15) is 0 Å². The molecule has 2 N–H and O–H groups in total. The number of ether oxygens (including phenoxy) is 1. The molecule has 1 atom stereocenters. The Morgan fingerprint density at radius 2 is 2.00 bits per heavy atom. The number of nitrogens with one attached hydrogen (secondary N) is 1. The van der Waals surface area contributed by atoms with Crippen LogP contribution in [-0.2, 0) is 20.7 Å². The van der Waals surface area contributed by atoms with Gasteiger partial charge in [0.25, 0.3) is 0 Å². The largest absolute Gasteiger partial charge is 0.480 e. The molecule has 1 fully saturated rings. The number of aromatic nitrogens is 1. The van der Waals surface area contributed by atoms with E-state index in [1.54, 1.807) is 50.2 Å². The van der Waals surface area contributed by atoms with Crippen molar-refractivity contribution in [1.82, 2.24) is 15.2 Å². The number of carbonyl (C=O) groups excluding carboxylic acids is 2. The highest BCUT2D eigenvalue weighted by Gasteiger charge is 2.31. The number of carboxylic acids is 1. The van der Waals surface area contributed by atoms with Gasteiger partial charge in [0.2, 0.25) is 5.91 Å². The Morgan fingerprint density at radius 1 is 1.33 bits per heavy atom. The predicted octanol–water partition coefficient (Wildman–Crippen LogP) is 1.84. The molecule has 1 aliphatic heterocycles. The van der Waals surface area contributed by atoms with Crippen LogP contribution in [0.25, 0.3) is 0 Å². The number of piperidine rings is 1. The van der Waals surface area contributed by atoms with E-state index in [-0.39, 0.29) is 24.3 Å². The van der Waals surface area contributed by atoms with Gasteiger partial charge in [0.05, 0.1) is 0 Å². The second-order valence-electron chi connectivity index (χ2n) is 7.71. The van der Waals surface area contributed by atoms with Gasteiger partial charge in [-0.1, -0.05) is 6.07 Å². The lowest BCUT2D eigenvalue weighted by molar-refractivity contribution is -0.142. The molecule has 8 nitrogen and oxygen atoms in total. The molecule has 1 aromatic heterocycles. The quantitative estimate of drug-likeness (QED) is 0.810. The molecule has 2 amide bonds. The maximum Gasteiger partial charge on any atom is 0.410 e. The van der Waals surface area contributed by atoms with Crippen LogP contribution in [0.5, 0.6) is 0 Å². The summed E-state index contributed by atoms with van der Waals surface area (Å²) < 4.78 is 5.34. The molecule has 8 heteroatoms. The fourth-order valence-corrected chi connectivity index (χ4v) is 2.89. The van der Waals surface area contributed by atoms with Crippen molar-refractivity contribution < 1.29 is 24.2 Å². The third kappa shape index (κ3) is 6.54. The summed E-state index contributed by atoms with van der Waals surface area (Å²) in [6.07, 6.45) is 3.93. The van der Waals surface area contributed by atoms with Crippen LogP contribution in [0.15, 0.2) is 24.5 Å². The average Bonchev–Trinajstić information content (AvgIpc) is 2.60. The van der Waals surface area contributed by atoms with E-state index in [4.69, 9.17) is 4.74 Å². The summed E-state index contributed by atoms with van der Waals surface area (Å²) in [5.41, 5.74) is 0.178. The van der Waals surface area contributed by atoms with Crippen LogP contribution in [0.3, 0.4) is 0 Å². The number of rotatable bonds is 5. The van der Waals surface area contributed by atoms with Crippen molar-refractivity contribution >= 4 is 18.0 Å². The van der Waals surface area contributed by atoms with E-state index in [9.17, 15) is 19.5 Å². The Hall–Kier alpha value is -2.64. The fraction of sp³-hybridized carbons (Fsp3) is 0.579. The van der Waals surface area contributed by atoms with Gasteiger partial charge < -0.3 is 20.1 Å². The number of pyridine rings is 1. The Balaban J connectivity index is 1.87. The summed E-state index contributed by atoms with van der Waals surface area (Å²) in [6, 6.07) is 2.49. The molecule has 27 heavy (non-hydrogen) atoms. The molecule has 148 valence electrons. The molecule has 1 unspecified atom stereocenters. The first-order valence-corrected chi connectivity index (χ1v) is 9.06. The standard InChI is InChI=1S/C19H27N3O5/c1-19(2,3)27-18(26)22-9-6-14(7-10-22)16(23)21-15(17(24)25)11-13-5-4-8-20-12-13/h4-5,8,12,14-15H,6-7,9-11H2,1-3H3,(H,21,23)(H,24,25). The maximum atomic E-state index is 12.5. The van der Waals surface area contributed by atoms with Crippen LogP contribution < -0.4 is 5.32 Å². The van der Waals surface area contributed by atoms with Crippen molar-refractivity contribution in [3.8, 4) is 0 Å². The van der Waals surface area contributed by atoms with Crippen LogP contribution in [0, 0.1) is 5.92 Å². The number of hydrogen-bond acceptors (Lipinski definition) is 5. The lowest BCUT2D eigenvalue weighted by Gasteiger charge is -2.33. The van der Waals surface area contributed by atoms with Crippen molar-refractivity contribution in [2.45, 2.75) is 51.7 Å². The third-order valence-corrected chi connectivity index (χ3v) is 4.29. The van der Waals surface area contributed by atoms with Crippen LogP contribution in [0.1, 0.15) is 39.2 Å². The van der Waals surface area contributed by atoms with Crippen LogP contribution in [0.2, 0.25) is 0 Å². The SMILES string of the molecule is CC(C)(C)OC(=O)N1CCC(C(=O)NC(Cc2cccnc2)C(=O)O)CC1. The van der Waals surface area contributed by atoms with E-state index in [1.165, 1.54) is 0 Å². The molecule has 0 bridgehead atoms. The lowest BCUT2D eigenvalue weighted by Crippen LogP contribution is -2.48. The normalized spacial score (nSPS) is 16.5. The molecular formula is C19H27N3O5. The minimum Gasteiger partial charge on any atom is -0.480 e. The van der Waals surface area contributed by atoms with Crippen molar-refractivity contribution in [3.63, 3.8) is 0 Å². The van der Waals surface area contributed by atoms with Gasteiger partial charge in [-0.15, -0.1) is 0 Å². The minimum absolute atomic E-state index is 0.172. The minimum atomic E-state index is -1.08. The van der Waals surface area contributed by atoms with Gasteiger partial charge >= 0.3 is 12.1 Å². The van der Waals surface area contributed by atoms with E-state index in [1.807, 2.05) is 0 Å². The molecule has 0 aliphatic carbocycles. The van der Waals surface area contributed by atoms with E-state index in [0.717, 1.165) is 5.56 Å². The van der Waals surface area contributed by atoms with Crippen LogP contribution in [-0.4, -0.2) is 57.7 Å². The topological polar surface area (TPSA) is 109 Å². The first kappa shape index (κ1) is 20.7. The first-order chi connectivity index (χ1) is 12.7. The number of nitrogens with zero attached hydrogens (tertiary/aromatic N) is 2. The molecule has 0 radical (unpaired) electrons. The lowest BCUT2D eigenvalue weighted by atomic mass is 9.95. The summed E-state index contributed by atoms with van der Waals surface area (Å²) in [5, 5.41) is 12.0. The zero-order chi connectivity index (χ0) is 20.0. The van der Waals surface area contributed by atoms with Gasteiger partial charge in [-0.3, -0.25) is 9.78 Å². The highest BCUT2D eigenvalue weighted by Crippen LogP contribution is 2.20. The maximum absolute atomic E-state index is 12.5. The third-order valence-electron chi connectivity index (χ3n) is 4.29. The van der Waals surface area contributed by atoms with Crippen molar-refractivity contribution in [3.05, 3.63) is 30.1 Å². The summed E-state index contributed by atoms with van der Waals surface area (Å²) >= 11 is 0. The predicted molar refractivity (Wildman–Crippen MR) is 98.0 cm³/mol. The molecule has 0 saturated carbocycles. The van der Waals surface area contributed by atoms with E-state index >= 15 is 0 Å². The Bertz CT molecular complexity index is 664. The Labute approximate surface area is 158 Å². The molecule has 0 spiro atoms. The molecule has 2 heterocycles. The number of likely N-dealkylation sites (tertiary alicyclic amines) is 1. The van der Waals surface area contributed by atoms with Gasteiger partial charge in [-0.05, 0) is 45.2 Å². The number of amides is 2. The number of carboxylic acid groups (broad SMARTS) is 1. The summed E-state index contributed by atoms with van der Waals surface area (Å²) in [6.45, 7) is 6.23. The van der Waals surface area contributed by atoms with Crippen molar-refractivity contribution in [1.29, 1.82) is 0 Å². The molecule has 1 aromatic rings. The Morgan fingerprint density at radius 3 is 2.52 bits per heavy atom. The van der Waals surface area contributed by atoms with E-state index in [2.05, 4.69) is 10.3 Å². The summed E-state index contributed by atoms with van der Waals surface area (Å²) in [4.78, 5) is 41.6. The van der Waals surface area contributed by atoms with Gasteiger partial charge in [0.15, 0.2) is 0 Å². The number of hydrogen-bond donors (Lipinski definition) is 2. The summed E-state index contributed by atoms with van der Waals surface area (Å²) in [5.74, 6) is -1.70. The first-order valence-electron chi connectivity index (χ1n) is 9.06. The average molecular weight is 377 g/mol. The highest BCUT2D eigenvalue weighted by atomic mass is 16.6. The van der Waals surface area contributed by atoms with Gasteiger partial charge in [-0.25, -0.2) is 9.59 Å². The van der Waals surface area contributed by atoms with E-state index in [0.29, 0.717) is 25.9 Å². The van der Waals surface area contributed by atoms with Gasteiger partial charge in [0, 0.05) is 37.8 Å². The Kier molecular flexibility index (Phi) is 6.76. The smallest absolute Gasteiger partial charge is 0.410 e. The van der Waals surface area contributed by atoms with Crippen molar-refractivity contribution in [2.75, 3.05) is 13.1 Å². The molecular weight excluding hydrogens is 350 g/mol. The molecule has 1 aliphatic rings. The van der Waals surface area contributed by atoms with Crippen molar-refractivity contribution in [2.24, 2.45) is 5.92 Å². The fourth-order valence-electron chi connectivity index (χ4n) is 2.89.